The first-order valence-corrected chi connectivity index (χ1v) is 14.8. The molecule has 1 aromatic carbocycles. The molecule has 2 bridgehead atoms. The number of carbonyl (C=O) groups excluding carboxylic acids is 1. The topological polar surface area (TPSA) is 135 Å². The zero-order valence-electron chi connectivity index (χ0n) is 22.8. The summed E-state index contributed by atoms with van der Waals surface area (Å²) in [4.78, 5) is 32.7. The van der Waals surface area contributed by atoms with E-state index in [1.807, 2.05) is 32.0 Å². The van der Waals surface area contributed by atoms with Gasteiger partial charge in [0, 0.05) is 57.5 Å². The van der Waals surface area contributed by atoms with Gasteiger partial charge in [-0.2, -0.15) is 4.31 Å². The third-order valence-corrected chi connectivity index (χ3v) is 9.67. The molecule has 3 aromatic rings. The molecule has 212 valence electrons. The Morgan fingerprint density at radius 3 is 2.41 bits per heavy atom. The van der Waals surface area contributed by atoms with Crippen molar-refractivity contribution in [2.75, 3.05) is 20.1 Å². The molecule has 2 saturated heterocycles. The molecule has 2 aliphatic rings. The number of hydrogen-bond acceptors (Lipinski definition) is 7. The van der Waals surface area contributed by atoms with Crippen molar-refractivity contribution in [3.8, 4) is 0 Å². The van der Waals surface area contributed by atoms with Crippen LogP contribution in [0.15, 0.2) is 46.6 Å². The van der Waals surface area contributed by atoms with Crippen molar-refractivity contribution in [1.29, 1.82) is 0 Å². The number of rotatable bonds is 8. The molecule has 2 N–H and O–H groups in total. The highest BCUT2D eigenvalue weighted by Gasteiger charge is 2.42. The number of piperidine rings is 1. The molecule has 2 aromatic heterocycles. The number of likely N-dealkylation sites (N-methyl/N-ethyl adjacent to an activating group) is 1. The molecular weight excluding hydrogens is 522 g/mol. The van der Waals surface area contributed by atoms with Crippen LogP contribution in [-0.2, 0) is 17.1 Å². The van der Waals surface area contributed by atoms with Crippen LogP contribution in [0.1, 0.15) is 45.6 Å². The molecule has 12 nitrogen and oxygen atoms in total. The summed E-state index contributed by atoms with van der Waals surface area (Å²) >= 11 is 0. The number of sulfonamides is 1. The van der Waals surface area contributed by atoms with Crippen molar-refractivity contribution in [3.05, 3.63) is 47.3 Å². The summed E-state index contributed by atoms with van der Waals surface area (Å²) in [7, 11) is -0.646. The molecule has 2 aliphatic heterocycles. The summed E-state index contributed by atoms with van der Waals surface area (Å²) in [6.45, 7) is 4.14. The number of hydrogen-bond donors (Lipinski definition) is 2. The van der Waals surface area contributed by atoms with Crippen LogP contribution in [0.5, 0.6) is 0 Å². The Morgan fingerprint density at radius 1 is 1.18 bits per heavy atom. The van der Waals surface area contributed by atoms with Crippen molar-refractivity contribution >= 4 is 27.1 Å². The summed E-state index contributed by atoms with van der Waals surface area (Å²) < 4.78 is 31.1. The number of nitrogens with zero attached hydrogens (tertiary/aromatic N) is 6. The van der Waals surface area contributed by atoms with Crippen LogP contribution in [0.4, 0.5) is 4.79 Å². The molecule has 4 heterocycles. The van der Waals surface area contributed by atoms with E-state index in [4.69, 9.17) is 0 Å². The van der Waals surface area contributed by atoms with E-state index in [0.717, 1.165) is 22.7 Å². The number of aromatic nitrogens is 4. The zero-order valence-corrected chi connectivity index (χ0v) is 23.6. The molecule has 0 spiro atoms. The van der Waals surface area contributed by atoms with Crippen LogP contribution in [0.3, 0.4) is 0 Å². The van der Waals surface area contributed by atoms with Gasteiger partial charge in [0.25, 0.3) is 10.0 Å². The SMILES string of the molecule is CC(C)n1c(=O)n(C(=O)N[C@@H]2C[C@H]3CC[C@@H](C2)N3C[C@@H](O)CN(C)S(=O)(=O)c2cn(C)cn2)c2ccccc21. The van der Waals surface area contributed by atoms with Crippen molar-refractivity contribution in [2.24, 2.45) is 7.05 Å². The van der Waals surface area contributed by atoms with E-state index < -0.39 is 22.2 Å². The van der Waals surface area contributed by atoms with Crippen molar-refractivity contribution in [2.45, 2.75) is 74.8 Å². The Labute approximate surface area is 227 Å². The molecule has 0 unspecified atom stereocenters. The van der Waals surface area contributed by atoms with Crippen molar-refractivity contribution in [1.82, 2.24) is 33.2 Å². The van der Waals surface area contributed by atoms with E-state index in [2.05, 4.69) is 15.2 Å². The summed E-state index contributed by atoms with van der Waals surface area (Å²) in [5.41, 5.74) is 0.963. The van der Waals surface area contributed by atoms with Gasteiger partial charge in [-0.3, -0.25) is 9.47 Å². The van der Waals surface area contributed by atoms with E-state index >= 15 is 0 Å². The van der Waals surface area contributed by atoms with Gasteiger partial charge in [0.05, 0.1) is 23.5 Å². The van der Waals surface area contributed by atoms with Gasteiger partial charge in [0.15, 0.2) is 5.03 Å². The Kier molecular flexibility index (Phi) is 7.44. The number of carbonyl (C=O) groups is 1. The second kappa shape index (κ2) is 10.5. The lowest BCUT2D eigenvalue weighted by molar-refractivity contribution is 0.0472. The quantitative estimate of drug-likeness (QED) is 0.425. The lowest BCUT2D eigenvalue weighted by Crippen LogP contribution is -2.54. The van der Waals surface area contributed by atoms with Gasteiger partial charge in [-0.15, -0.1) is 0 Å². The fourth-order valence-electron chi connectivity index (χ4n) is 6.17. The number of para-hydroxylation sites is 2. The van der Waals surface area contributed by atoms with Crippen LogP contribution < -0.4 is 11.0 Å². The fourth-order valence-corrected chi connectivity index (χ4v) is 7.34. The van der Waals surface area contributed by atoms with Crippen LogP contribution >= 0.6 is 0 Å². The van der Waals surface area contributed by atoms with Gasteiger partial charge >= 0.3 is 11.7 Å². The van der Waals surface area contributed by atoms with Gasteiger partial charge < -0.3 is 15.0 Å². The second-order valence-electron chi connectivity index (χ2n) is 11.1. The molecule has 5 rings (SSSR count). The van der Waals surface area contributed by atoms with Crippen LogP contribution in [0, 0.1) is 0 Å². The Balaban J connectivity index is 1.22. The maximum absolute atomic E-state index is 13.3. The molecule has 39 heavy (non-hydrogen) atoms. The third kappa shape index (κ3) is 5.15. The smallest absolute Gasteiger partial charge is 0.337 e. The third-order valence-electron chi connectivity index (χ3n) is 7.96. The van der Waals surface area contributed by atoms with Gasteiger partial charge in [-0.25, -0.2) is 27.6 Å². The van der Waals surface area contributed by atoms with E-state index in [0.29, 0.717) is 24.9 Å². The Bertz CT molecular complexity index is 1510. The number of nitrogens with one attached hydrogen (secondary N) is 1. The average molecular weight is 560 g/mol. The summed E-state index contributed by atoms with van der Waals surface area (Å²) in [5.74, 6) is 0. The van der Waals surface area contributed by atoms with Gasteiger partial charge in [0.1, 0.15) is 0 Å². The monoisotopic (exact) mass is 559 g/mol. The first kappa shape index (κ1) is 27.6. The van der Waals surface area contributed by atoms with Gasteiger partial charge in [-0.05, 0) is 51.7 Å². The first-order valence-electron chi connectivity index (χ1n) is 13.4. The standard InChI is InChI=1S/C26H37N7O5S/c1-17(2)32-22-7-5-6-8-23(22)33(26(32)36)25(35)28-18-11-19-9-10-20(12-18)31(19)14-21(34)13-30(4)39(37,38)24-15-29(3)16-27-24/h5-8,15-21,34H,9-14H2,1-4H3,(H,28,35)/t18-,19-,20+,21-/m0/s1. The molecule has 1 amide bonds. The van der Waals surface area contributed by atoms with Crippen LogP contribution in [-0.4, -0.2) is 91.8 Å². The summed E-state index contributed by atoms with van der Waals surface area (Å²) in [6, 6.07) is 7.04. The maximum atomic E-state index is 13.3. The molecule has 0 radical (unpaired) electrons. The molecule has 2 fully saturated rings. The highest BCUT2D eigenvalue weighted by molar-refractivity contribution is 7.89. The predicted octanol–water partition coefficient (Wildman–Crippen LogP) is 1.35. The number of aliphatic hydroxyl groups excluding tert-OH is 1. The zero-order chi connectivity index (χ0) is 28.1. The Morgan fingerprint density at radius 2 is 1.82 bits per heavy atom. The van der Waals surface area contributed by atoms with Gasteiger partial charge in [-0.1, -0.05) is 12.1 Å². The van der Waals surface area contributed by atoms with E-state index in [1.54, 1.807) is 22.2 Å². The molecular formula is C26H37N7O5S. The normalized spacial score (nSPS) is 22.7. The molecule has 0 aliphatic carbocycles. The molecule has 0 saturated carbocycles. The number of fused-ring (bicyclic) bond motifs is 3. The van der Waals surface area contributed by atoms with Crippen molar-refractivity contribution < 1.29 is 18.3 Å². The number of imidazole rings is 2. The van der Waals surface area contributed by atoms with E-state index in [1.165, 1.54) is 24.1 Å². The highest BCUT2D eigenvalue weighted by Crippen LogP contribution is 2.36. The summed E-state index contributed by atoms with van der Waals surface area (Å²) in [6.07, 6.45) is 5.28. The molecule has 13 heteroatoms. The van der Waals surface area contributed by atoms with Gasteiger partial charge in [0.2, 0.25) is 0 Å². The van der Waals surface area contributed by atoms with Crippen molar-refractivity contribution in [3.63, 3.8) is 0 Å². The largest absolute Gasteiger partial charge is 0.390 e. The minimum Gasteiger partial charge on any atom is -0.390 e. The molecule has 4 atom stereocenters. The predicted molar refractivity (Wildman–Crippen MR) is 146 cm³/mol. The minimum atomic E-state index is -3.79. The lowest BCUT2D eigenvalue weighted by atomic mass is 9.97. The number of aliphatic hydroxyl groups is 1. The fraction of sp³-hybridized carbons (Fsp3) is 0.577. The minimum absolute atomic E-state index is 0.0438. The maximum Gasteiger partial charge on any atom is 0.337 e. The number of benzene rings is 1. The van der Waals surface area contributed by atoms with Crippen LogP contribution in [0.2, 0.25) is 0 Å². The number of aryl methyl sites for hydroxylation is 1. The number of amides is 1. The second-order valence-corrected chi connectivity index (χ2v) is 13.1. The van der Waals surface area contributed by atoms with Crippen LogP contribution in [0.25, 0.3) is 11.0 Å². The van der Waals surface area contributed by atoms with E-state index in [9.17, 15) is 23.1 Å². The highest BCUT2D eigenvalue weighted by atomic mass is 32.2. The first-order chi connectivity index (χ1) is 18.5. The Hall–Kier alpha value is -3.00. The van der Waals surface area contributed by atoms with E-state index in [-0.39, 0.29) is 41.4 Å². The average Bonchev–Trinajstić information content (AvgIpc) is 3.50. The summed E-state index contributed by atoms with van der Waals surface area (Å²) in [5, 5.41) is 13.8. The lowest BCUT2D eigenvalue weighted by Gasteiger charge is -2.40.